The lowest BCUT2D eigenvalue weighted by Crippen LogP contribution is -2.39. The summed E-state index contributed by atoms with van der Waals surface area (Å²) in [7, 11) is 0. The molecule has 2 aliphatic rings. The van der Waals surface area contributed by atoms with Gasteiger partial charge in [0.1, 0.15) is 0 Å². The number of nitrogens with zero attached hydrogens (tertiary/aromatic N) is 2. The standard InChI is InChI=1S/C24H34N4O2/c29-16-21(13-17-7-3-1-4-8-17)26-23(30)18-11-12-19-15-25-24(28-22(19)14-18)27-20-9-5-2-6-10-20/h11-12,14-15,17,20-21,29H,1-10,13,16H2,(H,26,30)(H,25,27,28)/t21-/m0/s1. The van der Waals surface area contributed by atoms with E-state index in [2.05, 4.69) is 20.6 Å². The van der Waals surface area contributed by atoms with Crippen LogP contribution in [0.2, 0.25) is 0 Å². The summed E-state index contributed by atoms with van der Waals surface area (Å²) < 4.78 is 0. The van der Waals surface area contributed by atoms with E-state index in [0.29, 0.717) is 23.5 Å². The van der Waals surface area contributed by atoms with Gasteiger partial charge in [-0.2, -0.15) is 0 Å². The Morgan fingerprint density at radius 1 is 1.07 bits per heavy atom. The number of amides is 1. The Labute approximate surface area is 178 Å². The fourth-order valence-corrected chi connectivity index (χ4v) is 4.94. The van der Waals surface area contributed by atoms with Crippen LogP contribution in [-0.2, 0) is 0 Å². The molecule has 0 saturated heterocycles. The molecule has 0 bridgehead atoms. The number of carbonyl (C=O) groups is 1. The minimum absolute atomic E-state index is 0.0204. The lowest BCUT2D eigenvalue weighted by atomic mass is 9.85. The molecule has 2 aromatic rings. The van der Waals surface area contributed by atoms with Gasteiger partial charge in [-0.1, -0.05) is 57.4 Å². The molecule has 4 rings (SSSR count). The van der Waals surface area contributed by atoms with E-state index in [1.165, 1.54) is 51.4 Å². The average molecular weight is 411 g/mol. The Morgan fingerprint density at radius 3 is 2.53 bits per heavy atom. The SMILES string of the molecule is O=C(N[C@H](CO)CC1CCCCC1)c1ccc2cnc(NC3CCCCC3)nc2c1. The summed E-state index contributed by atoms with van der Waals surface area (Å²) in [6.07, 6.45) is 15.0. The first-order chi connectivity index (χ1) is 14.7. The molecule has 2 aliphatic carbocycles. The van der Waals surface area contributed by atoms with Crippen LogP contribution in [0.3, 0.4) is 0 Å². The van der Waals surface area contributed by atoms with E-state index < -0.39 is 0 Å². The zero-order valence-corrected chi connectivity index (χ0v) is 17.8. The molecule has 1 aromatic carbocycles. The molecular formula is C24H34N4O2. The number of nitrogens with one attached hydrogen (secondary N) is 2. The van der Waals surface area contributed by atoms with Crippen LogP contribution in [0.5, 0.6) is 0 Å². The van der Waals surface area contributed by atoms with Gasteiger partial charge in [0.15, 0.2) is 0 Å². The number of aromatic nitrogens is 2. The van der Waals surface area contributed by atoms with Crippen molar-refractivity contribution in [2.24, 2.45) is 5.92 Å². The van der Waals surface area contributed by atoms with Crippen molar-refractivity contribution < 1.29 is 9.90 Å². The van der Waals surface area contributed by atoms with Crippen molar-refractivity contribution in [3.05, 3.63) is 30.0 Å². The molecule has 1 heterocycles. The van der Waals surface area contributed by atoms with Gasteiger partial charge in [-0.05, 0) is 37.3 Å². The third-order valence-corrected chi connectivity index (χ3v) is 6.68. The Morgan fingerprint density at radius 2 is 1.80 bits per heavy atom. The van der Waals surface area contributed by atoms with Crippen molar-refractivity contribution >= 4 is 22.8 Å². The number of carbonyl (C=O) groups excluding carboxylic acids is 1. The van der Waals surface area contributed by atoms with Crippen LogP contribution >= 0.6 is 0 Å². The van der Waals surface area contributed by atoms with Gasteiger partial charge in [0.25, 0.3) is 5.91 Å². The fourth-order valence-electron chi connectivity index (χ4n) is 4.94. The van der Waals surface area contributed by atoms with E-state index in [9.17, 15) is 9.90 Å². The van der Waals surface area contributed by atoms with Gasteiger partial charge in [0.2, 0.25) is 5.95 Å². The lowest BCUT2D eigenvalue weighted by Gasteiger charge is -2.26. The van der Waals surface area contributed by atoms with E-state index in [0.717, 1.165) is 30.2 Å². The van der Waals surface area contributed by atoms with Gasteiger partial charge < -0.3 is 15.7 Å². The fraction of sp³-hybridized carbons (Fsp3) is 0.625. The molecule has 30 heavy (non-hydrogen) atoms. The molecule has 0 aliphatic heterocycles. The first-order valence-electron chi connectivity index (χ1n) is 11.7. The largest absolute Gasteiger partial charge is 0.394 e. The highest BCUT2D eigenvalue weighted by atomic mass is 16.3. The van der Waals surface area contributed by atoms with E-state index in [1.807, 2.05) is 24.4 Å². The molecular weight excluding hydrogens is 376 g/mol. The van der Waals surface area contributed by atoms with Crippen LogP contribution in [0.25, 0.3) is 10.9 Å². The second-order valence-electron chi connectivity index (χ2n) is 9.04. The monoisotopic (exact) mass is 410 g/mol. The molecule has 1 amide bonds. The molecule has 3 N–H and O–H groups in total. The number of anilines is 1. The van der Waals surface area contributed by atoms with E-state index in [1.54, 1.807) is 0 Å². The van der Waals surface area contributed by atoms with Crippen molar-refractivity contribution in [3.8, 4) is 0 Å². The molecule has 1 atom stereocenters. The summed E-state index contributed by atoms with van der Waals surface area (Å²) in [4.78, 5) is 21.9. The molecule has 0 unspecified atom stereocenters. The van der Waals surface area contributed by atoms with Gasteiger partial charge in [-0.15, -0.1) is 0 Å². The molecule has 6 nitrogen and oxygen atoms in total. The van der Waals surface area contributed by atoms with Crippen molar-refractivity contribution in [1.29, 1.82) is 0 Å². The second kappa shape index (κ2) is 10.2. The minimum atomic E-state index is -0.190. The molecule has 162 valence electrons. The van der Waals surface area contributed by atoms with Gasteiger partial charge >= 0.3 is 0 Å². The van der Waals surface area contributed by atoms with Gasteiger partial charge in [-0.3, -0.25) is 4.79 Å². The highest BCUT2D eigenvalue weighted by Crippen LogP contribution is 2.27. The zero-order valence-electron chi connectivity index (χ0n) is 17.8. The topological polar surface area (TPSA) is 87.1 Å². The third kappa shape index (κ3) is 5.48. The van der Waals surface area contributed by atoms with Crippen molar-refractivity contribution in [2.75, 3.05) is 11.9 Å². The maximum absolute atomic E-state index is 12.8. The van der Waals surface area contributed by atoms with Crippen molar-refractivity contribution in [2.45, 2.75) is 82.7 Å². The molecule has 0 radical (unpaired) electrons. The molecule has 1 aromatic heterocycles. The predicted molar refractivity (Wildman–Crippen MR) is 120 cm³/mol. The van der Waals surface area contributed by atoms with Gasteiger partial charge in [0, 0.05) is 23.2 Å². The van der Waals surface area contributed by atoms with Gasteiger partial charge in [0.05, 0.1) is 18.2 Å². The summed E-state index contributed by atoms with van der Waals surface area (Å²) in [5, 5.41) is 17.2. The zero-order chi connectivity index (χ0) is 20.8. The van der Waals surface area contributed by atoms with Crippen LogP contribution < -0.4 is 10.6 Å². The molecule has 2 fully saturated rings. The summed E-state index contributed by atoms with van der Waals surface area (Å²) in [6, 6.07) is 5.78. The lowest BCUT2D eigenvalue weighted by molar-refractivity contribution is 0.0902. The summed E-state index contributed by atoms with van der Waals surface area (Å²) in [6.45, 7) is -0.0204. The van der Waals surface area contributed by atoms with E-state index >= 15 is 0 Å². The summed E-state index contributed by atoms with van der Waals surface area (Å²) in [5.74, 6) is 1.10. The third-order valence-electron chi connectivity index (χ3n) is 6.68. The number of hydrogen-bond donors (Lipinski definition) is 3. The number of aliphatic hydroxyl groups is 1. The van der Waals surface area contributed by atoms with Crippen LogP contribution in [0, 0.1) is 5.92 Å². The van der Waals surface area contributed by atoms with E-state index in [-0.39, 0.29) is 18.6 Å². The Kier molecular flexibility index (Phi) is 7.16. The predicted octanol–water partition coefficient (Wildman–Crippen LogP) is 4.44. The Balaban J connectivity index is 1.42. The Bertz CT molecular complexity index is 844. The number of hydrogen-bond acceptors (Lipinski definition) is 5. The molecule has 6 heteroatoms. The summed E-state index contributed by atoms with van der Waals surface area (Å²) in [5.41, 5.74) is 1.34. The van der Waals surface area contributed by atoms with E-state index in [4.69, 9.17) is 0 Å². The molecule has 2 saturated carbocycles. The normalized spacial score (nSPS) is 19.5. The molecule has 0 spiro atoms. The first kappa shape index (κ1) is 21.0. The number of fused-ring (bicyclic) bond motifs is 1. The first-order valence-corrected chi connectivity index (χ1v) is 11.7. The van der Waals surface area contributed by atoms with Gasteiger partial charge in [-0.25, -0.2) is 9.97 Å². The number of benzene rings is 1. The van der Waals surface area contributed by atoms with Crippen LogP contribution in [-0.4, -0.2) is 39.7 Å². The summed E-state index contributed by atoms with van der Waals surface area (Å²) >= 11 is 0. The highest BCUT2D eigenvalue weighted by molar-refractivity contribution is 5.97. The van der Waals surface area contributed by atoms with Crippen LogP contribution in [0.15, 0.2) is 24.4 Å². The van der Waals surface area contributed by atoms with Crippen molar-refractivity contribution in [3.63, 3.8) is 0 Å². The Hall–Kier alpha value is -2.21. The maximum atomic E-state index is 12.8. The average Bonchev–Trinajstić information content (AvgIpc) is 2.79. The van der Waals surface area contributed by atoms with Crippen LogP contribution in [0.1, 0.15) is 81.0 Å². The number of rotatable bonds is 7. The highest BCUT2D eigenvalue weighted by Gasteiger charge is 2.21. The quantitative estimate of drug-likeness (QED) is 0.628. The maximum Gasteiger partial charge on any atom is 0.251 e. The van der Waals surface area contributed by atoms with Crippen LogP contribution in [0.4, 0.5) is 5.95 Å². The van der Waals surface area contributed by atoms with Crippen molar-refractivity contribution in [1.82, 2.24) is 15.3 Å². The minimum Gasteiger partial charge on any atom is -0.394 e. The second-order valence-corrected chi connectivity index (χ2v) is 9.04. The smallest absolute Gasteiger partial charge is 0.251 e. The number of aliphatic hydroxyl groups excluding tert-OH is 1.